The Morgan fingerprint density at radius 1 is 1.12 bits per heavy atom. The molecule has 0 unspecified atom stereocenters. The molecule has 3 aromatic rings. The number of imidazole rings is 1. The summed E-state index contributed by atoms with van der Waals surface area (Å²) in [7, 11) is -3.70. The minimum atomic E-state index is -3.70. The number of carbonyl (C=O) groups excluding carboxylic acids is 1. The van der Waals surface area contributed by atoms with Crippen molar-refractivity contribution in [1.82, 2.24) is 14.5 Å². The number of amides is 1. The third kappa shape index (κ3) is 6.07. The predicted molar refractivity (Wildman–Crippen MR) is 133 cm³/mol. The van der Waals surface area contributed by atoms with Crippen molar-refractivity contribution >= 4 is 27.3 Å². The minimum absolute atomic E-state index is 0.0439. The van der Waals surface area contributed by atoms with Gasteiger partial charge in [0.05, 0.1) is 30.6 Å². The zero-order chi connectivity index (χ0) is 24.3. The van der Waals surface area contributed by atoms with Gasteiger partial charge in [-0.05, 0) is 42.0 Å². The van der Waals surface area contributed by atoms with E-state index in [1.807, 2.05) is 49.1 Å². The second-order valence-electron chi connectivity index (χ2n) is 9.34. The fourth-order valence-electron chi connectivity index (χ4n) is 4.09. The van der Waals surface area contributed by atoms with E-state index in [1.54, 1.807) is 35.0 Å². The predicted octanol–water partition coefficient (Wildman–Crippen LogP) is 4.90. The maximum absolute atomic E-state index is 13.3. The molecule has 0 atom stereocenters. The summed E-state index contributed by atoms with van der Waals surface area (Å²) in [5.74, 6) is 0.0817. The van der Waals surface area contributed by atoms with Crippen molar-refractivity contribution in [3.05, 3.63) is 82.6 Å². The van der Waals surface area contributed by atoms with Crippen molar-refractivity contribution in [2.24, 2.45) is 5.92 Å². The summed E-state index contributed by atoms with van der Waals surface area (Å²) in [5, 5.41) is 0.540. The molecule has 1 aromatic heterocycles. The number of carbonyl (C=O) groups is 1. The number of nitrogens with zero attached hydrogens (tertiary/aromatic N) is 3. The average Bonchev–Trinajstić information content (AvgIpc) is 3.53. The van der Waals surface area contributed by atoms with E-state index < -0.39 is 9.84 Å². The van der Waals surface area contributed by atoms with Crippen molar-refractivity contribution < 1.29 is 13.2 Å². The molecule has 1 aliphatic rings. The Kier molecular flexibility index (Phi) is 7.43. The molecule has 1 aliphatic carbocycles. The number of sulfone groups is 1. The molecule has 180 valence electrons. The first-order chi connectivity index (χ1) is 16.2. The van der Waals surface area contributed by atoms with Gasteiger partial charge in [0.15, 0.2) is 0 Å². The van der Waals surface area contributed by atoms with Gasteiger partial charge < -0.3 is 9.47 Å². The van der Waals surface area contributed by atoms with Gasteiger partial charge in [-0.3, -0.25) is 4.79 Å². The van der Waals surface area contributed by atoms with Crippen LogP contribution in [0.15, 0.2) is 66.0 Å². The van der Waals surface area contributed by atoms with Crippen LogP contribution < -0.4 is 0 Å². The van der Waals surface area contributed by atoms with Crippen LogP contribution in [0.4, 0.5) is 0 Å². The Labute approximate surface area is 206 Å². The first-order valence-electron chi connectivity index (χ1n) is 11.6. The number of hydrogen-bond acceptors (Lipinski definition) is 4. The second kappa shape index (κ2) is 10.3. The topological polar surface area (TPSA) is 72.3 Å². The van der Waals surface area contributed by atoms with E-state index in [9.17, 15) is 13.2 Å². The van der Waals surface area contributed by atoms with Gasteiger partial charge in [-0.25, -0.2) is 13.4 Å². The number of rotatable bonds is 10. The highest BCUT2D eigenvalue weighted by molar-refractivity contribution is 7.90. The summed E-state index contributed by atoms with van der Waals surface area (Å²) in [6.45, 7) is 4.93. The van der Waals surface area contributed by atoms with Gasteiger partial charge in [0, 0.05) is 17.6 Å². The van der Waals surface area contributed by atoms with Crippen molar-refractivity contribution in [3.8, 4) is 0 Å². The zero-order valence-electron chi connectivity index (χ0n) is 19.5. The quantitative estimate of drug-likeness (QED) is 0.397. The summed E-state index contributed by atoms with van der Waals surface area (Å²) >= 11 is 6.05. The molecule has 0 radical (unpaired) electrons. The van der Waals surface area contributed by atoms with E-state index in [1.165, 1.54) is 0 Å². The van der Waals surface area contributed by atoms with Gasteiger partial charge in [0.1, 0.15) is 0 Å². The highest BCUT2D eigenvalue weighted by Crippen LogP contribution is 2.30. The van der Waals surface area contributed by atoms with Gasteiger partial charge >= 0.3 is 0 Å². The summed E-state index contributed by atoms with van der Waals surface area (Å²) in [6.07, 6.45) is 3.88. The molecule has 0 bridgehead atoms. The lowest BCUT2D eigenvalue weighted by molar-refractivity contribution is -0.131. The molecule has 0 spiro atoms. The summed E-state index contributed by atoms with van der Waals surface area (Å²) in [5.41, 5.74) is 2.33. The van der Waals surface area contributed by atoms with E-state index in [2.05, 4.69) is 4.98 Å². The van der Waals surface area contributed by atoms with Crippen LogP contribution in [0.2, 0.25) is 5.02 Å². The molecule has 0 N–H and O–H groups in total. The lowest BCUT2D eigenvalue weighted by Gasteiger charge is -2.24. The Hall–Kier alpha value is -2.64. The largest absolute Gasteiger partial charge is 0.334 e. The van der Waals surface area contributed by atoms with E-state index >= 15 is 0 Å². The molecule has 1 saturated carbocycles. The fraction of sp³-hybridized carbons (Fsp3) is 0.385. The van der Waals surface area contributed by atoms with Gasteiger partial charge in [-0.1, -0.05) is 67.9 Å². The first kappa shape index (κ1) is 24.5. The van der Waals surface area contributed by atoms with Crippen LogP contribution in [0.5, 0.6) is 0 Å². The lowest BCUT2D eigenvalue weighted by atomic mass is 10.1. The van der Waals surface area contributed by atoms with Crippen molar-refractivity contribution in [1.29, 1.82) is 0 Å². The van der Waals surface area contributed by atoms with Crippen molar-refractivity contribution in [2.45, 2.75) is 63.2 Å². The van der Waals surface area contributed by atoms with E-state index in [0.717, 1.165) is 24.1 Å². The summed E-state index contributed by atoms with van der Waals surface area (Å²) in [4.78, 5) is 19.4. The van der Waals surface area contributed by atoms with Gasteiger partial charge in [0.25, 0.3) is 0 Å². The molecule has 4 rings (SSSR count). The van der Waals surface area contributed by atoms with Crippen LogP contribution in [0, 0.1) is 5.92 Å². The number of hydrogen-bond donors (Lipinski definition) is 0. The highest BCUT2D eigenvalue weighted by atomic mass is 35.5. The molecule has 6 nitrogen and oxygen atoms in total. The smallest absolute Gasteiger partial charge is 0.228 e. The fourth-order valence-corrected chi connectivity index (χ4v) is 5.79. The van der Waals surface area contributed by atoms with Crippen LogP contribution in [-0.2, 0) is 39.9 Å². The second-order valence-corrected chi connectivity index (χ2v) is 11.7. The van der Waals surface area contributed by atoms with E-state index in [-0.39, 0.29) is 28.8 Å². The third-order valence-corrected chi connectivity index (χ3v) is 7.64. The molecule has 1 amide bonds. The van der Waals surface area contributed by atoms with Crippen LogP contribution >= 0.6 is 11.6 Å². The van der Waals surface area contributed by atoms with E-state index in [0.29, 0.717) is 30.1 Å². The number of benzene rings is 2. The normalized spacial score (nSPS) is 13.9. The Morgan fingerprint density at radius 3 is 2.47 bits per heavy atom. The molecular formula is C26H30ClN3O3S. The Morgan fingerprint density at radius 2 is 1.82 bits per heavy atom. The zero-order valence-corrected chi connectivity index (χ0v) is 21.1. The van der Waals surface area contributed by atoms with Gasteiger partial charge in [0.2, 0.25) is 20.9 Å². The first-order valence-corrected chi connectivity index (χ1v) is 13.6. The molecule has 1 heterocycles. The molecule has 34 heavy (non-hydrogen) atoms. The average molecular weight is 500 g/mol. The van der Waals surface area contributed by atoms with Crippen LogP contribution in [0.25, 0.3) is 0 Å². The van der Waals surface area contributed by atoms with E-state index in [4.69, 9.17) is 11.6 Å². The number of halogens is 1. The molecule has 8 heteroatoms. The lowest BCUT2D eigenvalue weighted by Crippen LogP contribution is -2.34. The summed E-state index contributed by atoms with van der Waals surface area (Å²) < 4.78 is 28.4. The molecule has 0 aliphatic heterocycles. The third-order valence-electron chi connectivity index (χ3n) is 5.81. The van der Waals surface area contributed by atoms with Crippen molar-refractivity contribution in [2.75, 3.05) is 0 Å². The van der Waals surface area contributed by atoms with Gasteiger partial charge in [-0.15, -0.1) is 0 Å². The monoisotopic (exact) mass is 499 g/mol. The Bertz CT molecular complexity index is 1250. The molecule has 1 fully saturated rings. The highest BCUT2D eigenvalue weighted by Gasteiger charge is 2.34. The maximum Gasteiger partial charge on any atom is 0.228 e. The van der Waals surface area contributed by atoms with Gasteiger partial charge in [-0.2, -0.15) is 0 Å². The number of aromatic nitrogens is 2. The Balaban J connectivity index is 1.60. The minimum Gasteiger partial charge on any atom is -0.334 e. The molecule has 2 aromatic carbocycles. The van der Waals surface area contributed by atoms with Crippen LogP contribution in [-0.4, -0.2) is 34.8 Å². The molecule has 0 saturated heterocycles. The molecular weight excluding hydrogens is 470 g/mol. The summed E-state index contributed by atoms with van der Waals surface area (Å²) in [6, 6.07) is 16.8. The van der Waals surface area contributed by atoms with Crippen LogP contribution in [0.3, 0.4) is 0 Å². The standard InChI is InChI=1S/C26H30ClN3O3S/c1-19(2)16-30-24(15-28-26(30)34(32,33)18-21-9-6-10-22(27)13-21)17-29(23-11-12-23)25(31)14-20-7-4-3-5-8-20/h3-10,13,15,19,23H,11-12,14,16-18H2,1-2H3. The SMILES string of the molecule is CC(C)Cn1c(CN(C(=O)Cc2ccccc2)C2CC2)cnc1S(=O)(=O)Cc1cccc(Cl)c1. The maximum atomic E-state index is 13.3. The van der Waals surface area contributed by atoms with Crippen molar-refractivity contribution in [3.63, 3.8) is 0 Å². The van der Waals surface area contributed by atoms with Crippen LogP contribution in [0.1, 0.15) is 43.5 Å².